The lowest BCUT2D eigenvalue weighted by atomic mass is 10.1. The number of hydrogen-bond donors (Lipinski definition) is 1. The quantitative estimate of drug-likeness (QED) is 0.652. The second kappa shape index (κ2) is 4.66. The molecule has 1 aromatic carbocycles. The molecule has 0 aliphatic heterocycles. The number of H-pyrrole nitrogens is 1. The molecule has 0 unspecified atom stereocenters. The van der Waals surface area contributed by atoms with Gasteiger partial charge in [-0.1, -0.05) is 0 Å². The van der Waals surface area contributed by atoms with Gasteiger partial charge < -0.3 is 4.74 Å². The van der Waals surface area contributed by atoms with Gasteiger partial charge in [0.05, 0.1) is 17.7 Å². The molecule has 0 atom stereocenters. The van der Waals surface area contributed by atoms with E-state index in [2.05, 4.69) is 10.2 Å². The lowest BCUT2D eigenvalue weighted by molar-refractivity contribution is -0.385. The summed E-state index contributed by atoms with van der Waals surface area (Å²) in [5, 5.41) is 16.9. The van der Waals surface area contributed by atoms with E-state index >= 15 is 0 Å². The fraction of sp³-hybridized carbons (Fsp3) is 0.0909. The average molecular weight is 247 g/mol. The summed E-state index contributed by atoms with van der Waals surface area (Å²) in [6, 6.07) is 7.26. The Balaban J connectivity index is 2.53. The first kappa shape index (κ1) is 11.8. The zero-order chi connectivity index (χ0) is 13.1. The molecule has 1 aromatic heterocycles. The molecular formula is C11H9N3O4. The van der Waals surface area contributed by atoms with Gasteiger partial charge in [0.1, 0.15) is 0 Å². The van der Waals surface area contributed by atoms with Gasteiger partial charge >= 0.3 is 5.69 Å². The zero-order valence-electron chi connectivity index (χ0n) is 9.41. The van der Waals surface area contributed by atoms with E-state index in [-0.39, 0.29) is 17.0 Å². The summed E-state index contributed by atoms with van der Waals surface area (Å²) < 4.78 is 4.90. The molecule has 0 spiro atoms. The van der Waals surface area contributed by atoms with Crippen LogP contribution < -0.4 is 10.3 Å². The second-order valence-electron chi connectivity index (χ2n) is 3.45. The minimum Gasteiger partial charge on any atom is -0.490 e. The molecule has 0 saturated heterocycles. The highest BCUT2D eigenvalue weighted by atomic mass is 16.6. The Morgan fingerprint density at radius 2 is 2.11 bits per heavy atom. The largest absolute Gasteiger partial charge is 0.490 e. The number of benzene rings is 1. The minimum absolute atomic E-state index is 0.150. The summed E-state index contributed by atoms with van der Waals surface area (Å²) in [7, 11) is 1.36. The summed E-state index contributed by atoms with van der Waals surface area (Å²) in [6.07, 6.45) is 0. The zero-order valence-corrected chi connectivity index (χ0v) is 9.41. The van der Waals surface area contributed by atoms with E-state index in [9.17, 15) is 14.9 Å². The lowest BCUT2D eigenvalue weighted by Gasteiger charge is -2.04. The molecule has 2 aromatic rings. The molecule has 1 N–H and O–H groups in total. The predicted molar refractivity (Wildman–Crippen MR) is 63.5 cm³/mol. The standard InChI is InChI=1S/C11H9N3O4/c1-18-10-4-2-7(6-9(10)14(16)17)8-3-5-11(15)13-12-8/h2-6H,1H3,(H,13,15). The summed E-state index contributed by atoms with van der Waals surface area (Å²) >= 11 is 0. The van der Waals surface area contributed by atoms with E-state index in [1.165, 1.54) is 31.4 Å². The third-order valence-electron chi connectivity index (χ3n) is 2.35. The topological polar surface area (TPSA) is 98.1 Å². The van der Waals surface area contributed by atoms with Crippen molar-refractivity contribution in [1.29, 1.82) is 0 Å². The summed E-state index contributed by atoms with van der Waals surface area (Å²) in [5.74, 6) is 0.174. The number of ether oxygens (including phenoxy) is 1. The fourth-order valence-electron chi connectivity index (χ4n) is 1.50. The highest BCUT2D eigenvalue weighted by Crippen LogP contribution is 2.30. The van der Waals surface area contributed by atoms with Crippen LogP contribution in [0.2, 0.25) is 0 Å². The molecule has 0 radical (unpaired) electrons. The number of rotatable bonds is 3. The Bertz CT molecular complexity index is 630. The van der Waals surface area contributed by atoms with Crippen LogP contribution in [0.5, 0.6) is 5.75 Å². The van der Waals surface area contributed by atoms with Gasteiger partial charge in [-0.15, -0.1) is 0 Å². The van der Waals surface area contributed by atoms with E-state index in [0.717, 1.165) is 0 Å². The molecule has 92 valence electrons. The SMILES string of the molecule is COc1ccc(-c2ccc(=O)[nH]n2)cc1[N+](=O)[O-]. The maximum Gasteiger partial charge on any atom is 0.311 e. The highest BCUT2D eigenvalue weighted by molar-refractivity contribution is 5.65. The van der Waals surface area contributed by atoms with E-state index in [1.807, 2.05) is 0 Å². The summed E-state index contributed by atoms with van der Waals surface area (Å²) in [6.45, 7) is 0. The molecule has 0 aliphatic rings. The Kier molecular flexibility index (Phi) is 3.05. The van der Waals surface area contributed by atoms with E-state index < -0.39 is 4.92 Å². The number of nitrogens with zero attached hydrogens (tertiary/aromatic N) is 2. The lowest BCUT2D eigenvalue weighted by Crippen LogP contribution is -2.05. The Morgan fingerprint density at radius 1 is 1.33 bits per heavy atom. The van der Waals surface area contributed by atoms with Crippen LogP contribution in [-0.4, -0.2) is 22.2 Å². The smallest absolute Gasteiger partial charge is 0.311 e. The van der Waals surface area contributed by atoms with Crippen molar-refractivity contribution in [2.45, 2.75) is 0 Å². The number of methoxy groups -OCH3 is 1. The van der Waals surface area contributed by atoms with Crippen molar-refractivity contribution < 1.29 is 9.66 Å². The first-order valence-corrected chi connectivity index (χ1v) is 5.00. The molecule has 7 heteroatoms. The van der Waals surface area contributed by atoms with Crippen LogP contribution in [0.4, 0.5) is 5.69 Å². The Morgan fingerprint density at radius 3 is 2.67 bits per heavy atom. The molecule has 7 nitrogen and oxygen atoms in total. The number of aromatic nitrogens is 2. The molecule has 0 aliphatic carbocycles. The first-order valence-electron chi connectivity index (χ1n) is 5.00. The van der Waals surface area contributed by atoms with Gasteiger partial charge in [0, 0.05) is 17.7 Å². The summed E-state index contributed by atoms with van der Waals surface area (Å²) in [5.41, 5.74) is 0.490. The van der Waals surface area contributed by atoms with E-state index in [4.69, 9.17) is 4.74 Å². The van der Waals surface area contributed by atoms with Gasteiger partial charge in [0.15, 0.2) is 5.75 Å². The maximum absolute atomic E-state index is 10.9. The van der Waals surface area contributed by atoms with Crippen molar-refractivity contribution in [1.82, 2.24) is 10.2 Å². The Hall–Kier alpha value is -2.70. The number of hydrogen-bond acceptors (Lipinski definition) is 5. The molecule has 0 saturated carbocycles. The van der Waals surface area contributed by atoms with Crippen LogP contribution in [0.1, 0.15) is 0 Å². The van der Waals surface area contributed by atoms with Crippen LogP contribution in [0, 0.1) is 10.1 Å². The van der Waals surface area contributed by atoms with E-state index in [0.29, 0.717) is 11.3 Å². The third-order valence-corrected chi connectivity index (χ3v) is 2.35. The Labute approximate surface area is 101 Å². The highest BCUT2D eigenvalue weighted by Gasteiger charge is 2.16. The normalized spacial score (nSPS) is 10.1. The molecule has 0 fully saturated rings. The van der Waals surface area contributed by atoms with Gasteiger partial charge in [-0.3, -0.25) is 14.9 Å². The van der Waals surface area contributed by atoms with Gasteiger partial charge in [-0.25, -0.2) is 5.10 Å². The third kappa shape index (κ3) is 2.19. The van der Waals surface area contributed by atoms with Crippen molar-refractivity contribution in [3.63, 3.8) is 0 Å². The van der Waals surface area contributed by atoms with Crippen LogP contribution in [0.25, 0.3) is 11.3 Å². The van der Waals surface area contributed by atoms with Crippen LogP contribution >= 0.6 is 0 Å². The first-order chi connectivity index (χ1) is 8.61. The molecule has 2 rings (SSSR count). The average Bonchev–Trinajstić information content (AvgIpc) is 2.39. The molecule has 1 heterocycles. The monoisotopic (exact) mass is 247 g/mol. The number of nitrogens with one attached hydrogen (secondary N) is 1. The second-order valence-corrected chi connectivity index (χ2v) is 3.45. The van der Waals surface area contributed by atoms with Crippen molar-refractivity contribution in [3.05, 3.63) is 50.8 Å². The number of aromatic amines is 1. The number of nitro benzene ring substituents is 1. The van der Waals surface area contributed by atoms with Gasteiger partial charge in [-0.2, -0.15) is 5.10 Å². The van der Waals surface area contributed by atoms with Gasteiger partial charge in [-0.05, 0) is 18.2 Å². The van der Waals surface area contributed by atoms with E-state index in [1.54, 1.807) is 6.07 Å². The number of nitro groups is 1. The molecule has 0 amide bonds. The molecule has 0 bridgehead atoms. The van der Waals surface area contributed by atoms with Gasteiger partial charge in [0.25, 0.3) is 5.56 Å². The van der Waals surface area contributed by atoms with Crippen LogP contribution in [0.15, 0.2) is 35.1 Å². The van der Waals surface area contributed by atoms with Crippen LogP contribution in [-0.2, 0) is 0 Å². The van der Waals surface area contributed by atoms with Gasteiger partial charge in [0.2, 0.25) is 0 Å². The van der Waals surface area contributed by atoms with Crippen molar-refractivity contribution in [3.8, 4) is 17.0 Å². The molecular weight excluding hydrogens is 238 g/mol. The van der Waals surface area contributed by atoms with Crippen molar-refractivity contribution in [2.75, 3.05) is 7.11 Å². The van der Waals surface area contributed by atoms with Crippen LogP contribution in [0.3, 0.4) is 0 Å². The predicted octanol–water partition coefficient (Wildman–Crippen LogP) is 1.35. The molecule has 18 heavy (non-hydrogen) atoms. The fourth-order valence-corrected chi connectivity index (χ4v) is 1.50. The summed E-state index contributed by atoms with van der Waals surface area (Å²) in [4.78, 5) is 21.2. The minimum atomic E-state index is -0.534. The van der Waals surface area contributed by atoms with Crippen molar-refractivity contribution in [2.24, 2.45) is 0 Å². The van der Waals surface area contributed by atoms with Crippen molar-refractivity contribution >= 4 is 5.69 Å². The maximum atomic E-state index is 10.9.